The van der Waals surface area contributed by atoms with E-state index in [9.17, 15) is 4.79 Å². The van der Waals surface area contributed by atoms with E-state index in [2.05, 4.69) is 20.4 Å². The van der Waals surface area contributed by atoms with Crippen molar-refractivity contribution in [2.45, 2.75) is 45.3 Å². The fraction of sp³-hybridized carbons (Fsp3) is 0.950. The standard InChI is InChI=1S/C20H39N5O2/c1-20(2,3)27-19(26)25-10-4-9-24(13-14-25)18-15-22-6-5-17(18)16-23-11-7-21-8-12-23/h17-18,21-22H,4-16H2,1-3H3. The molecule has 7 nitrogen and oxygen atoms in total. The molecular weight excluding hydrogens is 342 g/mol. The van der Waals surface area contributed by atoms with Gasteiger partial charge in [-0.15, -0.1) is 0 Å². The van der Waals surface area contributed by atoms with Crippen molar-refractivity contribution in [3.8, 4) is 0 Å². The third-order valence-corrected chi connectivity index (χ3v) is 5.94. The zero-order chi connectivity index (χ0) is 19.3. The third-order valence-electron chi connectivity index (χ3n) is 5.94. The summed E-state index contributed by atoms with van der Waals surface area (Å²) in [5, 5.41) is 7.06. The van der Waals surface area contributed by atoms with Crippen LogP contribution < -0.4 is 10.6 Å². The average molecular weight is 382 g/mol. The van der Waals surface area contributed by atoms with Gasteiger partial charge in [-0.1, -0.05) is 0 Å². The first-order chi connectivity index (χ1) is 12.9. The van der Waals surface area contributed by atoms with Crippen LogP contribution in [0.1, 0.15) is 33.6 Å². The number of hydrogen-bond donors (Lipinski definition) is 2. The molecule has 0 aliphatic carbocycles. The molecule has 2 N–H and O–H groups in total. The molecule has 0 bridgehead atoms. The zero-order valence-corrected chi connectivity index (χ0v) is 17.5. The van der Waals surface area contributed by atoms with Crippen molar-refractivity contribution in [3.63, 3.8) is 0 Å². The zero-order valence-electron chi connectivity index (χ0n) is 17.5. The Bertz CT molecular complexity index is 475. The number of ether oxygens (including phenoxy) is 1. The van der Waals surface area contributed by atoms with Crippen LogP contribution in [0.25, 0.3) is 0 Å². The van der Waals surface area contributed by atoms with Crippen molar-refractivity contribution in [2.75, 3.05) is 72.0 Å². The Hall–Kier alpha value is -0.890. The van der Waals surface area contributed by atoms with Crippen molar-refractivity contribution in [2.24, 2.45) is 5.92 Å². The summed E-state index contributed by atoms with van der Waals surface area (Å²) < 4.78 is 5.58. The van der Waals surface area contributed by atoms with Crippen LogP contribution in [0.15, 0.2) is 0 Å². The van der Waals surface area contributed by atoms with E-state index in [-0.39, 0.29) is 6.09 Å². The van der Waals surface area contributed by atoms with Gasteiger partial charge in [0.1, 0.15) is 5.60 Å². The molecule has 27 heavy (non-hydrogen) atoms. The summed E-state index contributed by atoms with van der Waals surface area (Å²) in [5.41, 5.74) is -0.426. The van der Waals surface area contributed by atoms with E-state index >= 15 is 0 Å². The highest BCUT2D eigenvalue weighted by molar-refractivity contribution is 5.68. The minimum absolute atomic E-state index is 0.163. The van der Waals surface area contributed by atoms with E-state index in [0.717, 1.165) is 64.7 Å². The lowest BCUT2D eigenvalue weighted by Gasteiger charge is -2.42. The first-order valence-corrected chi connectivity index (χ1v) is 10.8. The molecule has 0 aromatic rings. The van der Waals surface area contributed by atoms with Crippen molar-refractivity contribution < 1.29 is 9.53 Å². The molecule has 0 radical (unpaired) electrons. The van der Waals surface area contributed by atoms with Crippen molar-refractivity contribution in [3.05, 3.63) is 0 Å². The number of carbonyl (C=O) groups is 1. The lowest BCUT2D eigenvalue weighted by Crippen LogP contribution is -2.56. The molecule has 3 saturated heterocycles. The van der Waals surface area contributed by atoms with Gasteiger partial charge in [-0.2, -0.15) is 0 Å². The minimum Gasteiger partial charge on any atom is -0.444 e. The molecule has 3 fully saturated rings. The Kier molecular flexibility index (Phi) is 7.36. The number of hydrogen-bond acceptors (Lipinski definition) is 6. The second kappa shape index (κ2) is 9.54. The molecular formula is C20H39N5O2. The molecule has 3 aliphatic heterocycles. The predicted molar refractivity (Wildman–Crippen MR) is 108 cm³/mol. The van der Waals surface area contributed by atoms with Crippen LogP contribution in [-0.2, 0) is 4.74 Å². The summed E-state index contributed by atoms with van der Waals surface area (Å²) in [4.78, 5) is 19.6. The minimum atomic E-state index is -0.426. The average Bonchev–Trinajstić information content (AvgIpc) is 2.88. The Morgan fingerprint density at radius 2 is 1.78 bits per heavy atom. The van der Waals surface area contributed by atoms with Crippen LogP contribution in [0, 0.1) is 5.92 Å². The van der Waals surface area contributed by atoms with Crippen LogP contribution in [0.5, 0.6) is 0 Å². The number of nitrogens with zero attached hydrogens (tertiary/aromatic N) is 3. The fourth-order valence-corrected chi connectivity index (χ4v) is 4.54. The lowest BCUT2D eigenvalue weighted by molar-refractivity contribution is 0.0248. The van der Waals surface area contributed by atoms with Crippen LogP contribution in [0.2, 0.25) is 0 Å². The Morgan fingerprint density at radius 3 is 2.52 bits per heavy atom. The quantitative estimate of drug-likeness (QED) is 0.755. The van der Waals surface area contributed by atoms with Gasteiger partial charge in [0.25, 0.3) is 0 Å². The van der Waals surface area contributed by atoms with Crippen molar-refractivity contribution in [1.82, 2.24) is 25.3 Å². The molecule has 0 saturated carbocycles. The SMILES string of the molecule is CC(C)(C)OC(=O)N1CCCN(C2CNCCC2CN2CCNCC2)CC1. The first-order valence-electron chi connectivity index (χ1n) is 10.8. The van der Waals surface area contributed by atoms with Gasteiger partial charge in [-0.25, -0.2) is 4.79 Å². The highest BCUT2D eigenvalue weighted by Crippen LogP contribution is 2.22. The Balaban J connectivity index is 1.55. The van der Waals surface area contributed by atoms with Crippen LogP contribution in [-0.4, -0.2) is 104 Å². The smallest absolute Gasteiger partial charge is 0.410 e. The number of piperidine rings is 1. The molecule has 2 atom stereocenters. The molecule has 3 heterocycles. The second-order valence-corrected chi connectivity index (χ2v) is 9.23. The summed E-state index contributed by atoms with van der Waals surface area (Å²) >= 11 is 0. The number of amides is 1. The maximum absolute atomic E-state index is 12.4. The molecule has 3 rings (SSSR count). The van der Waals surface area contributed by atoms with E-state index in [0.29, 0.717) is 6.04 Å². The van der Waals surface area contributed by atoms with Gasteiger partial charge >= 0.3 is 6.09 Å². The molecule has 0 spiro atoms. The van der Waals surface area contributed by atoms with Crippen LogP contribution >= 0.6 is 0 Å². The predicted octanol–water partition coefficient (Wildman–Crippen LogP) is 0.813. The molecule has 0 aromatic carbocycles. The van der Waals surface area contributed by atoms with Gasteiger partial charge in [0.15, 0.2) is 0 Å². The van der Waals surface area contributed by atoms with Gasteiger partial charge in [-0.05, 0) is 46.1 Å². The highest BCUT2D eigenvalue weighted by atomic mass is 16.6. The normalized spacial score (nSPS) is 29.4. The summed E-state index contributed by atoms with van der Waals surface area (Å²) in [6, 6.07) is 0.576. The second-order valence-electron chi connectivity index (χ2n) is 9.23. The highest BCUT2D eigenvalue weighted by Gasteiger charge is 2.33. The summed E-state index contributed by atoms with van der Waals surface area (Å²) in [6.45, 7) is 17.4. The van der Waals surface area contributed by atoms with Crippen molar-refractivity contribution in [1.29, 1.82) is 0 Å². The summed E-state index contributed by atoms with van der Waals surface area (Å²) in [7, 11) is 0. The van der Waals surface area contributed by atoms with E-state index in [4.69, 9.17) is 4.74 Å². The lowest BCUT2D eigenvalue weighted by atomic mass is 9.90. The maximum Gasteiger partial charge on any atom is 0.410 e. The fourth-order valence-electron chi connectivity index (χ4n) is 4.54. The Labute approximate surface area is 164 Å². The number of nitrogens with one attached hydrogen (secondary N) is 2. The molecule has 156 valence electrons. The summed E-state index contributed by atoms with van der Waals surface area (Å²) in [5.74, 6) is 0.720. The topological polar surface area (TPSA) is 60.1 Å². The van der Waals surface area contributed by atoms with Crippen molar-refractivity contribution >= 4 is 6.09 Å². The van der Waals surface area contributed by atoms with Gasteiger partial charge in [0.2, 0.25) is 0 Å². The summed E-state index contributed by atoms with van der Waals surface area (Å²) in [6.07, 6.45) is 2.11. The first kappa shape index (κ1) is 20.8. The van der Waals surface area contributed by atoms with Crippen LogP contribution in [0.3, 0.4) is 0 Å². The van der Waals surface area contributed by atoms with Gasteiger partial charge in [0.05, 0.1) is 0 Å². The number of carbonyl (C=O) groups excluding carboxylic acids is 1. The van der Waals surface area contributed by atoms with Gasteiger partial charge in [0, 0.05) is 71.5 Å². The molecule has 1 amide bonds. The number of piperazine rings is 1. The van der Waals surface area contributed by atoms with E-state index in [1.165, 1.54) is 26.1 Å². The van der Waals surface area contributed by atoms with E-state index in [1.807, 2.05) is 25.7 Å². The Morgan fingerprint density at radius 1 is 1.00 bits per heavy atom. The maximum atomic E-state index is 12.4. The molecule has 3 aliphatic rings. The molecule has 7 heteroatoms. The molecule has 2 unspecified atom stereocenters. The van der Waals surface area contributed by atoms with E-state index in [1.54, 1.807) is 0 Å². The monoisotopic (exact) mass is 381 g/mol. The van der Waals surface area contributed by atoms with E-state index < -0.39 is 5.60 Å². The van der Waals surface area contributed by atoms with Gasteiger partial charge in [-0.3, -0.25) is 4.90 Å². The van der Waals surface area contributed by atoms with Gasteiger partial charge < -0.3 is 25.2 Å². The molecule has 0 aromatic heterocycles. The third kappa shape index (κ3) is 6.31. The largest absolute Gasteiger partial charge is 0.444 e. The number of rotatable bonds is 3. The van der Waals surface area contributed by atoms with Crippen LogP contribution in [0.4, 0.5) is 4.79 Å².